The zero-order valence-corrected chi connectivity index (χ0v) is 10.2. The molecule has 1 saturated carbocycles. The fourth-order valence-electron chi connectivity index (χ4n) is 2.67. The molecule has 0 spiro atoms. The summed E-state index contributed by atoms with van der Waals surface area (Å²) in [5.74, 6) is 0.701. The summed E-state index contributed by atoms with van der Waals surface area (Å²) in [4.78, 5) is 1.40. The van der Waals surface area contributed by atoms with Crippen LogP contribution in [0.3, 0.4) is 0 Å². The molecule has 1 fully saturated rings. The molecule has 2 unspecified atom stereocenters. The van der Waals surface area contributed by atoms with Crippen molar-refractivity contribution in [2.45, 2.75) is 51.0 Å². The molecule has 1 aromatic heterocycles. The van der Waals surface area contributed by atoms with Crippen molar-refractivity contribution in [3.05, 3.63) is 22.4 Å². The molecule has 1 aliphatic rings. The van der Waals surface area contributed by atoms with Crippen LogP contribution in [0.4, 0.5) is 0 Å². The Morgan fingerprint density at radius 3 is 3.13 bits per heavy atom. The summed E-state index contributed by atoms with van der Waals surface area (Å²) < 4.78 is 0. The summed E-state index contributed by atoms with van der Waals surface area (Å²) in [7, 11) is 0. The second-order valence-electron chi connectivity index (χ2n) is 5.01. The first-order valence-corrected chi connectivity index (χ1v) is 6.81. The molecule has 2 heteroatoms. The van der Waals surface area contributed by atoms with E-state index < -0.39 is 0 Å². The molecule has 0 saturated heterocycles. The van der Waals surface area contributed by atoms with Gasteiger partial charge >= 0.3 is 0 Å². The lowest BCUT2D eigenvalue weighted by molar-refractivity contribution is -0.0195. The van der Waals surface area contributed by atoms with Gasteiger partial charge in [0.1, 0.15) is 0 Å². The highest BCUT2D eigenvalue weighted by atomic mass is 32.1. The summed E-state index contributed by atoms with van der Waals surface area (Å²) in [5, 5.41) is 12.6. The van der Waals surface area contributed by atoms with Gasteiger partial charge in [0.05, 0.1) is 5.60 Å². The van der Waals surface area contributed by atoms with E-state index >= 15 is 0 Å². The molecule has 1 nitrogen and oxygen atoms in total. The first-order valence-electron chi connectivity index (χ1n) is 5.93. The van der Waals surface area contributed by atoms with Crippen LogP contribution in [0.5, 0.6) is 0 Å². The summed E-state index contributed by atoms with van der Waals surface area (Å²) in [6.45, 7) is 2.26. The number of aryl methyl sites for hydroxylation is 1. The normalized spacial score (nSPS) is 31.7. The summed E-state index contributed by atoms with van der Waals surface area (Å²) in [6.07, 6.45) is 6.48. The van der Waals surface area contributed by atoms with Gasteiger partial charge in [-0.2, -0.15) is 0 Å². The lowest BCUT2D eigenvalue weighted by Crippen LogP contribution is -2.34. The van der Waals surface area contributed by atoms with Gasteiger partial charge in [-0.3, -0.25) is 0 Å². The monoisotopic (exact) mass is 224 g/mol. The Balaban J connectivity index is 1.87. The minimum atomic E-state index is -0.373. The van der Waals surface area contributed by atoms with Crippen molar-refractivity contribution in [2.75, 3.05) is 0 Å². The quantitative estimate of drug-likeness (QED) is 0.831. The average Bonchev–Trinajstić information content (AvgIpc) is 2.67. The van der Waals surface area contributed by atoms with Crippen LogP contribution in [-0.4, -0.2) is 10.7 Å². The third kappa shape index (κ3) is 3.05. The molecule has 1 aromatic rings. The molecule has 1 aliphatic carbocycles. The third-order valence-corrected chi connectivity index (χ3v) is 4.42. The molecule has 15 heavy (non-hydrogen) atoms. The number of rotatable bonds is 3. The van der Waals surface area contributed by atoms with Gasteiger partial charge in [-0.05, 0) is 43.0 Å². The SMILES string of the molecule is CC1CCCC(O)(CCc2cccs2)C1. The second-order valence-corrected chi connectivity index (χ2v) is 6.04. The minimum Gasteiger partial charge on any atom is -0.390 e. The molecule has 0 amide bonds. The van der Waals surface area contributed by atoms with Gasteiger partial charge in [0.2, 0.25) is 0 Å². The van der Waals surface area contributed by atoms with Crippen molar-refractivity contribution in [3.63, 3.8) is 0 Å². The predicted octanol–water partition coefficient (Wildman–Crippen LogP) is 3.62. The predicted molar refractivity (Wildman–Crippen MR) is 65.2 cm³/mol. The highest BCUT2D eigenvalue weighted by Crippen LogP contribution is 2.35. The van der Waals surface area contributed by atoms with E-state index in [1.807, 2.05) is 0 Å². The van der Waals surface area contributed by atoms with Gasteiger partial charge in [-0.15, -0.1) is 11.3 Å². The van der Waals surface area contributed by atoms with Crippen molar-refractivity contribution in [1.82, 2.24) is 0 Å². The van der Waals surface area contributed by atoms with Crippen LogP contribution in [0.1, 0.15) is 43.9 Å². The van der Waals surface area contributed by atoms with Crippen molar-refractivity contribution in [2.24, 2.45) is 5.92 Å². The van der Waals surface area contributed by atoms with Gasteiger partial charge in [-0.1, -0.05) is 25.8 Å². The highest BCUT2D eigenvalue weighted by Gasteiger charge is 2.31. The largest absolute Gasteiger partial charge is 0.390 e. The maximum atomic E-state index is 10.4. The van der Waals surface area contributed by atoms with Crippen LogP contribution >= 0.6 is 11.3 Å². The van der Waals surface area contributed by atoms with Crippen molar-refractivity contribution >= 4 is 11.3 Å². The van der Waals surface area contributed by atoms with Crippen LogP contribution in [0.2, 0.25) is 0 Å². The van der Waals surface area contributed by atoms with Crippen LogP contribution in [0.25, 0.3) is 0 Å². The van der Waals surface area contributed by atoms with Gasteiger partial charge < -0.3 is 5.11 Å². The second kappa shape index (κ2) is 4.67. The van der Waals surface area contributed by atoms with Gasteiger partial charge in [0.15, 0.2) is 0 Å². The maximum absolute atomic E-state index is 10.4. The Labute approximate surface area is 96.1 Å². The van der Waals surface area contributed by atoms with E-state index in [9.17, 15) is 5.11 Å². The fourth-order valence-corrected chi connectivity index (χ4v) is 3.38. The molecule has 1 N–H and O–H groups in total. The molecule has 0 aromatic carbocycles. The maximum Gasteiger partial charge on any atom is 0.0653 e. The Bertz CT molecular complexity index is 293. The summed E-state index contributed by atoms with van der Waals surface area (Å²) in [5.41, 5.74) is -0.373. The molecular formula is C13H20OS. The Hall–Kier alpha value is -0.340. The van der Waals surface area contributed by atoms with Gasteiger partial charge in [0.25, 0.3) is 0 Å². The van der Waals surface area contributed by atoms with E-state index in [1.54, 1.807) is 11.3 Å². The van der Waals surface area contributed by atoms with E-state index in [2.05, 4.69) is 24.4 Å². The van der Waals surface area contributed by atoms with Crippen molar-refractivity contribution < 1.29 is 5.11 Å². The zero-order chi connectivity index (χ0) is 10.7. The topological polar surface area (TPSA) is 20.2 Å². The van der Waals surface area contributed by atoms with Crippen molar-refractivity contribution in [3.8, 4) is 0 Å². The van der Waals surface area contributed by atoms with Crippen molar-refractivity contribution in [1.29, 1.82) is 0 Å². The number of aliphatic hydroxyl groups is 1. The van der Waals surface area contributed by atoms with Crippen LogP contribution < -0.4 is 0 Å². The first-order chi connectivity index (χ1) is 7.18. The van der Waals surface area contributed by atoms with E-state index in [0.29, 0.717) is 5.92 Å². The molecule has 2 rings (SSSR count). The molecule has 0 bridgehead atoms. The summed E-state index contributed by atoms with van der Waals surface area (Å²) in [6, 6.07) is 4.26. The van der Waals surface area contributed by atoms with E-state index in [4.69, 9.17) is 0 Å². The Morgan fingerprint density at radius 2 is 2.47 bits per heavy atom. The smallest absolute Gasteiger partial charge is 0.0653 e. The van der Waals surface area contributed by atoms with Crippen LogP contribution in [0.15, 0.2) is 17.5 Å². The Kier molecular flexibility index (Phi) is 3.47. The summed E-state index contributed by atoms with van der Waals surface area (Å²) >= 11 is 1.80. The molecule has 84 valence electrons. The van der Waals surface area contributed by atoms with Crippen LogP contribution in [-0.2, 0) is 6.42 Å². The standard InChI is InChI=1S/C13H20OS/c1-11-4-2-7-13(14,10-11)8-6-12-5-3-9-15-12/h3,5,9,11,14H,2,4,6-8,10H2,1H3. The lowest BCUT2D eigenvalue weighted by Gasteiger charge is -2.35. The van der Waals surface area contributed by atoms with Crippen LogP contribution in [0, 0.1) is 5.92 Å². The number of thiophene rings is 1. The number of hydrogen-bond acceptors (Lipinski definition) is 2. The van der Waals surface area contributed by atoms with Gasteiger partial charge in [0, 0.05) is 4.88 Å². The van der Waals surface area contributed by atoms with Gasteiger partial charge in [-0.25, -0.2) is 0 Å². The molecule has 2 atom stereocenters. The fraction of sp³-hybridized carbons (Fsp3) is 0.692. The van der Waals surface area contributed by atoms with E-state index in [0.717, 1.165) is 25.7 Å². The lowest BCUT2D eigenvalue weighted by atomic mass is 9.76. The molecule has 0 radical (unpaired) electrons. The molecule has 1 heterocycles. The highest BCUT2D eigenvalue weighted by molar-refractivity contribution is 7.09. The van der Waals surface area contributed by atoms with E-state index in [1.165, 1.54) is 17.7 Å². The molecular weight excluding hydrogens is 204 g/mol. The van der Waals surface area contributed by atoms with E-state index in [-0.39, 0.29) is 5.60 Å². The first kappa shape index (κ1) is 11.2. The molecule has 0 aliphatic heterocycles. The number of hydrogen-bond donors (Lipinski definition) is 1. The Morgan fingerprint density at radius 1 is 1.60 bits per heavy atom. The minimum absolute atomic E-state index is 0.373. The zero-order valence-electron chi connectivity index (χ0n) is 9.41. The average molecular weight is 224 g/mol. The third-order valence-electron chi connectivity index (χ3n) is 3.48.